The molecule has 32 heavy (non-hydrogen) atoms. The minimum atomic E-state index is -1.34. The standard InChI is InChI=1S/C16H34NO6.C7H7.K.Y/c18-11-8-6-4-2-1-3-5-7-10-17-23-13-15(21)16(22)14(20)9-12-19;1-7-5-3-2-4-6-7;;/h14-16,18-22H,1-13H2;2-6H,1H2;;/q2*-1;+1;. The third-order valence-corrected chi connectivity index (χ3v) is 4.55. The van der Waals surface area contributed by atoms with Crippen LogP contribution in [0.2, 0.25) is 0 Å². The molecule has 0 bridgehead atoms. The molecule has 0 fully saturated rings. The van der Waals surface area contributed by atoms with Crippen LogP contribution in [0.4, 0.5) is 0 Å². The third kappa shape index (κ3) is 24.7. The second-order valence-electron chi connectivity index (χ2n) is 7.32. The molecule has 0 amide bonds. The van der Waals surface area contributed by atoms with Crippen LogP contribution in [0.15, 0.2) is 30.3 Å². The second kappa shape index (κ2) is 28.8. The van der Waals surface area contributed by atoms with Crippen LogP contribution in [0.5, 0.6) is 0 Å². The molecule has 0 saturated carbocycles. The van der Waals surface area contributed by atoms with Crippen LogP contribution in [-0.4, -0.2) is 70.2 Å². The zero-order chi connectivity index (χ0) is 22.5. The first-order valence-electron chi connectivity index (χ1n) is 10.9. The monoisotopic (exact) mass is 555 g/mol. The van der Waals surface area contributed by atoms with Gasteiger partial charge in [0.1, 0.15) is 12.2 Å². The largest absolute Gasteiger partial charge is 1.00 e. The van der Waals surface area contributed by atoms with E-state index < -0.39 is 18.3 Å². The Balaban J connectivity index is -0.000000790. The molecule has 0 aliphatic rings. The number of benzene rings is 1. The van der Waals surface area contributed by atoms with Gasteiger partial charge in [0.2, 0.25) is 0 Å². The minimum absolute atomic E-state index is 0. The van der Waals surface area contributed by atoms with Crippen LogP contribution >= 0.6 is 0 Å². The third-order valence-electron chi connectivity index (χ3n) is 4.55. The van der Waals surface area contributed by atoms with Gasteiger partial charge in [-0.3, -0.25) is 0 Å². The van der Waals surface area contributed by atoms with Crippen molar-refractivity contribution >= 4 is 0 Å². The molecule has 1 aromatic carbocycles. The van der Waals surface area contributed by atoms with E-state index in [0.29, 0.717) is 6.54 Å². The van der Waals surface area contributed by atoms with E-state index in [-0.39, 0.29) is 110 Å². The van der Waals surface area contributed by atoms with Crippen LogP contribution in [0.3, 0.4) is 0 Å². The Kier molecular flexibility index (Phi) is 34.3. The second-order valence-corrected chi connectivity index (χ2v) is 7.32. The molecule has 1 radical (unpaired) electrons. The van der Waals surface area contributed by atoms with Gasteiger partial charge in [0.05, 0.1) is 12.7 Å². The van der Waals surface area contributed by atoms with Gasteiger partial charge in [-0.1, -0.05) is 51.0 Å². The van der Waals surface area contributed by atoms with Crippen molar-refractivity contribution in [3.63, 3.8) is 0 Å². The van der Waals surface area contributed by atoms with Crippen molar-refractivity contribution in [3.05, 3.63) is 48.3 Å². The number of aliphatic hydroxyl groups excluding tert-OH is 5. The number of hydroxylamine groups is 1. The predicted molar refractivity (Wildman–Crippen MR) is 119 cm³/mol. The van der Waals surface area contributed by atoms with Gasteiger partial charge in [-0.05, 0) is 12.8 Å². The van der Waals surface area contributed by atoms with Gasteiger partial charge >= 0.3 is 51.4 Å². The molecule has 3 unspecified atom stereocenters. The first-order chi connectivity index (χ1) is 14.5. The van der Waals surface area contributed by atoms with Crippen LogP contribution in [0.1, 0.15) is 63.4 Å². The fourth-order valence-electron chi connectivity index (χ4n) is 2.68. The van der Waals surface area contributed by atoms with Crippen LogP contribution in [-0.2, 0) is 37.5 Å². The zero-order valence-electron chi connectivity index (χ0n) is 19.7. The first-order valence-corrected chi connectivity index (χ1v) is 10.9. The van der Waals surface area contributed by atoms with Crippen LogP contribution in [0, 0.1) is 6.92 Å². The molecule has 0 aliphatic carbocycles. The average molecular weight is 556 g/mol. The Labute approximate surface area is 262 Å². The van der Waals surface area contributed by atoms with Crippen molar-refractivity contribution in [2.24, 2.45) is 0 Å². The normalized spacial score (nSPS) is 13.0. The van der Waals surface area contributed by atoms with Gasteiger partial charge < -0.3 is 35.9 Å². The molecular formula is C23H41KNO6Y-. The SMILES string of the molecule is OCCCCCCCCCC[N-]OCC(O)C(O)C(O)CCO.[CH2-]c1ccccc1.[K+].[Y]. The molecule has 7 nitrogen and oxygen atoms in total. The van der Waals surface area contributed by atoms with E-state index in [9.17, 15) is 15.3 Å². The minimum Gasteiger partial charge on any atom is -0.534 e. The van der Waals surface area contributed by atoms with Crippen molar-refractivity contribution in [3.8, 4) is 0 Å². The maximum absolute atomic E-state index is 9.58. The van der Waals surface area contributed by atoms with Crippen molar-refractivity contribution in [1.82, 2.24) is 0 Å². The molecule has 0 saturated heterocycles. The fraction of sp³-hybridized carbons (Fsp3) is 0.696. The summed E-state index contributed by atoms with van der Waals surface area (Å²) in [4.78, 5) is 4.93. The topological polar surface area (TPSA) is 124 Å². The fourth-order valence-corrected chi connectivity index (χ4v) is 2.68. The van der Waals surface area contributed by atoms with Crippen LogP contribution < -0.4 is 51.4 Å². The van der Waals surface area contributed by atoms with E-state index in [0.717, 1.165) is 37.7 Å². The van der Waals surface area contributed by atoms with Crippen LogP contribution in [0.25, 0.3) is 5.48 Å². The van der Waals surface area contributed by atoms with Gasteiger partial charge in [0, 0.05) is 45.9 Å². The Morgan fingerprint density at radius 2 is 1.31 bits per heavy atom. The van der Waals surface area contributed by atoms with Crippen molar-refractivity contribution in [2.45, 2.75) is 76.1 Å². The quantitative estimate of drug-likeness (QED) is 0.0781. The molecule has 179 valence electrons. The zero-order valence-corrected chi connectivity index (χ0v) is 25.6. The van der Waals surface area contributed by atoms with Gasteiger partial charge in [0.25, 0.3) is 0 Å². The van der Waals surface area contributed by atoms with E-state index in [2.05, 4.69) is 12.4 Å². The maximum Gasteiger partial charge on any atom is 1.00 e. The van der Waals surface area contributed by atoms with E-state index in [4.69, 9.17) is 15.1 Å². The summed E-state index contributed by atoms with van der Waals surface area (Å²) in [6.45, 7) is 4.13. The Morgan fingerprint density at radius 1 is 0.781 bits per heavy atom. The molecule has 0 spiro atoms. The number of hydrogen-bond acceptors (Lipinski definition) is 6. The summed E-state index contributed by atoms with van der Waals surface area (Å²) in [7, 11) is 0. The molecule has 9 heteroatoms. The number of hydrogen-bond donors (Lipinski definition) is 5. The summed E-state index contributed by atoms with van der Waals surface area (Å²) in [6, 6.07) is 9.87. The molecule has 1 rings (SSSR count). The molecule has 1 aromatic rings. The Morgan fingerprint density at radius 3 is 1.78 bits per heavy atom. The van der Waals surface area contributed by atoms with Crippen molar-refractivity contribution in [1.29, 1.82) is 0 Å². The molecule has 3 atom stereocenters. The molecule has 0 heterocycles. The van der Waals surface area contributed by atoms with Crippen molar-refractivity contribution in [2.75, 3.05) is 26.4 Å². The summed E-state index contributed by atoms with van der Waals surface area (Å²) >= 11 is 0. The molecular weight excluding hydrogens is 514 g/mol. The predicted octanol–water partition coefficient (Wildman–Crippen LogP) is -0.260. The van der Waals surface area contributed by atoms with E-state index >= 15 is 0 Å². The summed E-state index contributed by atoms with van der Waals surface area (Å²) in [5.74, 6) is 0. The van der Waals surface area contributed by atoms with Gasteiger partial charge in [0.15, 0.2) is 0 Å². The van der Waals surface area contributed by atoms with E-state index in [1.54, 1.807) is 0 Å². The number of rotatable bonds is 17. The number of unbranched alkanes of at least 4 members (excludes halogenated alkanes) is 7. The number of nitrogens with zero attached hydrogens (tertiary/aromatic N) is 1. The summed E-state index contributed by atoms with van der Waals surface area (Å²) in [5, 5.41) is 45.8. The maximum atomic E-state index is 9.58. The first kappa shape index (κ1) is 38.1. The smallest absolute Gasteiger partial charge is 0.534 e. The van der Waals surface area contributed by atoms with Gasteiger partial charge in [-0.15, -0.1) is 18.7 Å². The Bertz CT molecular complexity index is 475. The summed E-state index contributed by atoms with van der Waals surface area (Å²) in [6.07, 6.45) is 4.99. The van der Waals surface area contributed by atoms with E-state index in [1.165, 1.54) is 19.3 Å². The number of aliphatic hydroxyl groups is 5. The molecule has 0 aromatic heterocycles. The van der Waals surface area contributed by atoms with Gasteiger partial charge in [-0.25, -0.2) is 0 Å². The van der Waals surface area contributed by atoms with Gasteiger partial charge in [-0.2, -0.15) is 24.6 Å². The Hall–Kier alpha value is 1.55. The molecule has 5 N–H and O–H groups in total. The van der Waals surface area contributed by atoms with Crippen molar-refractivity contribution < 1.29 is 114 Å². The average Bonchev–Trinajstić information content (AvgIpc) is 2.75. The molecule has 0 aliphatic heterocycles. The summed E-state index contributed by atoms with van der Waals surface area (Å²) in [5.41, 5.74) is 4.90. The summed E-state index contributed by atoms with van der Waals surface area (Å²) < 4.78 is 0. The van der Waals surface area contributed by atoms with E-state index in [1.807, 2.05) is 30.3 Å².